The maximum absolute atomic E-state index is 5.98. The van der Waals surface area contributed by atoms with Crippen molar-refractivity contribution < 1.29 is 9.47 Å². The summed E-state index contributed by atoms with van der Waals surface area (Å²) >= 11 is 3.56. The molecule has 4 heteroatoms. The highest BCUT2D eigenvalue weighted by Gasteiger charge is 2.08. The lowest BCUT2D eigenvalue weighted by molar-refractivity contribution is 0.302. The number of hydrogen-bond donors (Lipinski definition) is 1. The molecule has 2 rings (SSSR count). The lowest BCUT2D eigenvalue weighted by atomic mass is 10.2. The van der Waals surface area contributed by atoms with Gasteiger partial charge in [-0.05, 0) is 59.2 Å². The first-order valence-corrected chi connectivity index (χ1v) is 7.86. The Labute approximate surface area is 134 Å². The predicted octanol–water partition coefficient (Wildman–Crippen LogP) is 4.75. The van der Waals surface area contributed by atoms with Crippen LogP contribution in [0.25, 0.3) is 0 Å². The number of para-hydroxylation sites is 2. The third-order valence-electron chi connectivity index (χ3n) is 2.91. The average molecular weight is 350 g/mol. The predicted molar refractivity (Wildman–Crippen MR) is 89.2 cm³/mol. The lowest BCUT2D eigenvalue weighted by Gasteiger charge is -2.13. The zero-order valence-corrected chi connectivity index (χ0v) is 13.9. The minimum atomic E-state index is 0.683. The van der Waals surface area contributed by atoms with E-state index in [9.17, 15) is 0 Å². The molecule has 0 aromatic heterocycles. The molecule has 0 aliphatic heterocycles. The van der Waals surface area contributed by atoms with Crippen LogP contribution in [0.2, 0.25) is 0 Å². The first-order valence-electron chi connectivity index (χ1n) is 7.07. The molecule has 0 amide bonds. The Morgan fingerprint density at radius 1 is 1.05 bits per heavy atom. The van der Waals surface area contributed by atoms with Crippen LogP contribution in [0.3, 0.4) is 0 Å². The van der Waals surface area contributed by atoms with Crippen molar-refractivity contribution in [2.75, 3.05) is 13.7 Å². The van der Waals surface area contributed by atoms with E-state index < -0.39 is 0 Å². The number of halogens is 1. The number of hydrogen-bond acceptors (Lipinski definition) is 3. The van der Waals surface area contributed by atoms with Gasteiger partial charge in [0.25, 0.3) is 0 Å². The molecule has 112 valence electrons. The molecule has 2 aromatic rings. The van der Waals surface area contributed by atoms with Gasteiger partial charge in [-0.2, -0.15) is 0 Å². The number of rotatable bonds is 7. The first kappa shape index (κ1) is 15.9. The Kier molecular flexibility index (Phi) is 6.08. The molecule has 3 nitrogen and oxygen atoms in total. The molecule has 0 heterocycles. The van der Waals surface area contributed by atoms with Crippen molar-refractivity contribution in [3.63, 3.8) is 0 Å². The second kappa shape index (κ2) is 8.05. The van der Waals surface area contributed by atoms with E-state index in [1.807, 2.05) is 43.4 Å². The fourth-order valence-corrected chi connectivity index (χ4v) is 2.43. The molecule has 0 spiro atoms. The zero-order valence-electron chi connectivity index (χ0n) is 12.4. The molecule has 0 aliphatic carbocycles. The van der Waals surface area contributed by atoms with E-state index in [1.165, 1.54) is 5.56 Å². The quantitative estimate of drug-likeness (QED) is 0.782. The summed E-state index contributed by atoms with van der Waals surface area (Å²) in [6.07, 6.45) is 0.969. The standard InChI is InChI=1S/C17H20BrNO2/c1-3-10-20-16-6-4-5-7-17(16)21-15-9-8-13(12-19-2)11-14(15)18/h4-9,11,19H,3,10,12H2,1-2H3. The molecule has 0 radical (unpaired) electrons. The molecule has 1 N–H and O–H groups in total. The number of ether oxygens (including phenoxy) is 2. The third kappa shape index (κ3) is 4.48. The fourth-order valence-electron chi connectivity index (χ4n) is 1.93. The van der Waals surface area contributed by atoms with Crippen LogP contribution in [0.1, 0.15) is 18.9 Å². The van der Waals surface area contributed by atoms with Crippen molar-refractivity contribution in [2.45, 2.75) is 19.9 Å². The van der Waals surface area contributed by atoms with Crippen LogP contribution in [0.4, 0.5) is 0 Å². The van der Waals surface area contributed by atoms with Crippen LogP contribution >= 0.6 is 15.9 Å². The van der Waals surface area contributed by atoms with Gasteiger partial charge in [-0.25, -0.2) is 0 Å². The van der Waals surface area contributed by atoms with E-state index in [-0.39, 0.29) is 0 Å². The van der Waals surface area contributed by atoms with Crippen molar-refractivity contribution in [2.24, 2.45) is 0 Å². The molecule has 2 aromatic carbocycles. The topological polar surface area (TPSA) is 30.5 Å². The molecule has 0 atom stereocenters. The Hall–Kier alpha value is -1.52. The van der Waals surface area contributed by atoms with Crippen molar-refractivity contribution in [3.05, 3.63) is 52.5 Å². The number of benzene rings is 2. The maximum Gasteiger partial charge on any atom is 0.169 e. The minimum Gasteiger partial charge on any atom is -0.490 e. The molecule has 0 saturated carbocycles. The Balaban J connectivity index is 2.18. The summed E-state index contributed by atoms with van der Waals surface area (Å²) in [7, 11) is 1.93. The van der Waals surface area contributed by atoms with Gasteiger partial charge >= 0.3 is 0 Å². The van der Waals surface area contributed by atoms with E-state index in [1.54, 1.807) is 0 Å². The largest absolute Gasteiger partial charge is 0.490 e. The molecule has 0 bridgehead atoms. The summed E-state index contributed by atoms with van der Waals surface area (Å²) in [5, 5.41) is 3.13. The SMILES string of the molecule is CCCOc1ccccc1Oc1ccc(CNC)cc1Br. The van der Waals surface area contributed by atoms with E-state index >= 15 is 0 Å². The molecule has 0 fully saturated rings. The highest BCUT2D eigenvalue weighted by molar-refractivity contribution is 9.10. The van der Waals surface area contributed by atoms with Crippen LogP contribution in [-0.4, -0.2) is 13.7 Å². The normalized spacial score (nSPS) is 10.4. The highest BCUT2D eigenvalue weighted by Crippen LogP contribution is 2.35. The molecular weight excluding hydrogens is 330 g/mol. The average Bonchev–Trinajstić information content (AvgIpc) is 2.49. The van der Waals surface area contributed by atoms with Gasteiger partial charge < -0.3 is 14.8 Å². The maximum atomic E-state index is 5.98. The molecule has 0 unspecified atom stereocenters. The second-order valence-electron chi connectivity index (χ2n) is 4.69. The van der Waals surface area contributed by atoms with Crippen molar-refractivity contribution in [1.29, 1.82) is 0 Å². The summed E-state index contributed by atoms with van der Waals surface area (Å²) in [5.41, 5.74) is 1.20. The van der Waals surface area contributed by atoms with Gasteiger partial charge in [0.1, 0.15) is 5.75 Å². The van der Waals surface area contributed by atoms with Gasteiger partial charge in [0, 0.05) is 6.54 Å². The summed E-state index contributed by atoms with van der Waals surface area (Å²) in [6.45, 7) is 3.60. The van der Waals surface area contributed by atoms with Crippen LogP contribution in [0, 0.1) is 0 Å². The molecule has 0 saturated heterocycles. The Morgan fingerprint density at radius 2 is 1.81 bits per heavy atom. The van der Waals surface area contributed by atoms with Gasteiger partial charge in [-0.15, -0.1) is 0 Å². The van der Waals surface area contributed by atoms with E-state index in [4.69, 9.17) is 9.47 Å². The van der Waals surface area contributed by atoms with Gasteiger partial charge in [-0.1, -0.05) is 25.1 Å². The smallest absolute Gasteiger partial charge is 0.169 e. The molecule has 21 heavy (non-hydrogen) atoms. The minimum absolute atomic E-state index is 0.683. The van der Waals surface area contributed by atoms with E-state index in [0.29, 0.717) is 6.61 Å². The van der Waals surface area contributed by atoms with Crippen LogP contribution in [-0.2, 0) is 6.54 Å². The van der Waals surface area contributed by atoms with Crippen molar-refractivity contribution in [3.8, 4) is 17.2 Å². The number of nitrogens with one attached hydrogen (secondary N) is 1. The monoisotopic (exact) mass is 349 g/mol. The molecular formula is C17H20BrNO2. The van der Waals surface area contributed by atoms with Crippen LogP contribution in [0.15, 0.2) is 46.9 Å². The van der Waals surface area contributed by atoms with Gasteiger partial charge in [0.15, 0.2) is 11.5 Å². The second-order valence-corrected chi connectivity index (χ2v) is 5.55. The van der Waals surface area contributed by atoms with Crippen molar-refractivity contribution in [1.82, 2.24) is 5.32 Å². The Morgan fingerprint density at radius 3 is 2.48 bits per heavy atom. The fraction of sp³-hybridized carbons (Fsp3) is 0.294. The zero-order chi connectivity index (χ0) is 15.1. The van der Waals surface area contributed by atoms with Gasteiger partial charge in [0.05, 0.1) is 11.1 Å². The van der Waals surface area contributed by atoms with Crippen molar-refractivity contribution >= 4 is 15.9 Å². The summed E-state index contributed by atoms with van der Waals surface area (Å²) in [5.74, 6) is 2.28. The van der Waals surface area contributed by atoms with E-state index in [2.05, 4.69) is 34.2 Å². The Bertz CT molecular complexity index is 587. The van der Waals surface area contributed by atoms with Crippen LogP contribution < -0.4 is 14.8 Å². The summed E-state index contributed by atoms with van der Waals surface area (Å²) in [4.78, 5) is 0. The van der Waals surface area contributed by atoms with Crippen LogP contribution in [0.5, 0.6) is 17.2 Å². The first-order chi connectivity index (χ1) is 10.2. The van der Waals surface area contributed by atoms with Gasteiger partial charge in [-0.3, -0.25) is 0 Å². The summed E-state index contributed by atoms with van der Waals surface area (Å²) < 4.78 is 12.6. The molecule has 0 aliphatic rings. The highest BCUT2D eigenvalue weighted by atomic mass is 79.9. The lowest BCUT2D eigenvalue weighted by Crippen LogP contribution is -2.04. The third-order valence-corrected chi connectivity index (χ3v) is 3.53. The van der Waals surface area contributed by atoms with Gasteiger partial charge in [0.2, 0.25) is 0 Å². The summed E-state index contributed by atoms with van der Waals surface area (Å²) in [6, 6.07) is 13.8. The van der Waals surface area contributed by atoms with E-state index in [0.717, 1.165) is 34.7 Å².